The summed E-state index contributed by atoms with van der Waals surface area (Å²) in [5.41, 5.74) is 0. The minimum atomic E-state index is -0.0498. The van der Waals surface area contributed by atoms with Gasteiger partial charge in [0.15, 0.2) is 0 Å². The fourth-order valence-electron chi connectivity index (χ4n) is 0.865. The van der Waals surface area contributed by atoms with Crippen LogP contribution in [0.2, 0.25) is 0 Å². The van der Waals surface area contributed by atoms with Crippen LogP contribution in [0.15, 0.2) is 0 Å². The largest absolute Gasteiger partial charge is 0.286 e. The van der Waals surface area contributed by atoms with Crippen LogP contribution in [0.5, 0.6) is 0 Å². The highest BCUT2D eigenvalue weighted by Crippen LogP contribution is 2.08. The van der Waals surface area contributed by atoms with E-state index in [9.17, 15) is 9.59 Å². The van der Waals surface area contributed by atoms with E-state index >= 15 is 0 Å². The Labute approximate surface area is 61.0 Å². The van der Waals surface area contributed by atoms with Gasteiger partial charge < -0.3 is 0 Å². The van der Waals surface area contributed by atoms with Crippen molar-refractivity contribution in [1.82, 2.24) is 4.90 Å². The molecule has 0 unspecified atom stereocenters. The number of amides is 2. The Morgan fingerprint density at radius 3 is 1.90 bits per heavy atom. The highest BCUT2D eigenvalue weighted by Gasteiger charge is 2.20. The fraction of sp³-hybridized carbons (Fsp3) is 0.714. The number of hydrogen-bond acceptors (Lipinski definition) is 2. The van der Waals surface area contributed by atoms with Gasteiger partial charge in [0.1, 0.15) is 0 Å². The third kappa shape index (κ3) is 1.56. The van der Waals surface area contributed by atoms with Crippen molar-refractivity contribution in [2.24, 2.45) is 0 Å². The van der Waals surface area contributed by atoms with Crippen molar-refractivity contribution in [2.75, 3.05) is 7.05 Å². The van der Waals surface area contributed by atoms with Crippen molar-refractivity contribution in [1.29, 1.82) is 0 Å². The highest BCUT2D eigenvalue weighted by molar-refractivity contribution is 5.97. The molecule has 0 radical (unpaired) electrons. The summed E-state index contributed by atoms with van der Waals surface area (Å²) >= 11 is 0. The molecule has 3 nitrogen and oxygen atoms in total. The van der Waals surface area contributed by atoms with E-state index in [1.54, 1.807) is 0 Å². The van der Waals surface area contributed by atoms with E-state index in [2.05, 4.69) is 0 Å². The summed E-state index contributed by atoms with van der Waals surface area (Å²) in [5, 5.41) is 0. The molecule has 3 heteroatoms. The Hall–Kier alpha value is -0.860. The second-order valence-corrected chi connectivity index (χ2v) is 2.20. The number of carbonyl (C=O) groups excluding carboxylic acids is 2. The molecule has 0 spiro atoms. The van der Waals surface area contributed by atoms with Crippen molar-refractivity contribution in [3.8, 4) is 0 Å². The van der Waals surface area contributed by atoms with Gasteiger partial charge in [-0.1, -0.05) is 7.43 Å². The third-order valence-corrected chi connectivity index (χ3v) is 1.53. The summed E-state index contributed by atoms with van der Waals surface area (Å²) in [6.07, 6.45) is 1.78. The molecule has 2 amide bonds. The second kappa shape index (κ2) is 3.34. The van der Waals surface area contributed by atoms with Crippen molar-refractivity contribution in [3.63, 3.8) is 0 Å². The average molecular weight is 143 g/mol. The van der Waals surface area contributed by atoms with E-state index in [4.69, 9.17) is 0 Å². The zero-order valence-electron chi connectivity index (χ0n) is 5.39. The number of rotatable bonds is 0. The summed E-state index contributed by atoms with van der Waals surface area (Å²) in [5.74, 6) is -0.0995. The van der Waals surface area contributed by atoms with Gasteiger partial charge >= 0.3 is 0 Å². The van der Waals surface area contributed by atoms with Crippen LogP contribution < -0.4 is 0 Å². The van der Waals surface area contributed by atoms with E-state index in [0.717, 1.165) is 6.42 Å². The molecular weight excluding hydrogens is 130 g/mol. The van der Waals surface area contributed by atoms with Gasteiger partial charge in [0.05, 0.1) is 0 Å². The van der Waals surface area contributed by atoms with Crippen LogP contribution in [0.4, 0.5) is 0 Å². The van der Waals surface area contributed by atoms with E-state index in [1.807, 2.05) is 0 Å². The van der Waals surface area contributed by atoms with Crippen LogP contribution in [-0.4, -0.2) is 23.8 Å². The molecule has 0 aromatic heterocycles. The normalized spacial score (nSPS) is 18.7. The van der Waals surface area contributed by atoms with Gasteiger partial charge in [0.2, 0.25) is 11.8 Å². The van der Waals surface area contributed by atoms with E-state index in [-0.39, 0.29) is 19.2 Å². The number of imide groups is 1. The summed E-state index contributed by atoms with van der Waals surface area (Å²) in [6, 6.07) is 0. The maximum Gasteiger partial charge on any atom is 0.228 e. The minimum absolute atomic E-state index is 0. The lowest BCUT2D eigenvalue weighted by Gasteiger charge is -2.19. The Bertz CT molecular complexity index is 138. The molecule has 0 N–H and O–H groups in total. The number of piperidine rings is 1. The van der Waals surface area contributed by atoms with Crippen LogP contribution >= 0.6 is 0 Å². The minimum Gasteiger partial charge on any atom is -0.286 e. The number of carbonyl (C=O) groups is 2. The zero-order chi connectivity index (χ0) is 6.85. The summed E-state index contributed by atoms with van der Waals surface area (Å²) in [4.78, 5) is 22.6. The van der Waals surface area contributed by atoms with Gasteiger partial charge in [0.25, 0.3) is 0 Å². The molecule has 1 saturated heterocycles. The molecule has 1 heterocycles. The third-order valence-electron chi connectivity index (χ3n) is 1.53. The van der Waals surface area contributed by atoms with Crippen LogP contribution in [0, 0.1) is 0 Å². The molecule has 1 aliphatic rings. The second-order valence-electron chi connectivity index (χ2n) is 2.20. The molecule has 0 bridgehead atoms. The maximum absolute atomic E-state index is 10.7. The molecule has 58 valence electrons. The first-order valence-electron chi connectivity index (χ1n) is 3.01. The van der Waals surface area contributed by atoms with Crippen LogP contribution in [0.1, 0.15) is 26.7 Å². The van der Waals surface area contributed by atoms with Crippen molar-refractivity contribution < 1.29 is 9.59 Å². The lowest BCUT2D eigenvalue weighted by Crippen LogP contribution is -2.36. The average Bonchev–Trinajstić information content (AvgIpc) is 1.83. The Morgan fingerprint density at radius 2 is 1.60 bits per heavy atom. The van der Waals surface area contributed by atoms with E-state index < -0.39 is 0 Å². The van der Waals surface area contributed by atoms with Gasteiger partial charge in [-0.2, -0.15) is 0 Å². The van der Waals surface area contributed by atoms with Crippen molar-refractivity contribution in [3.05, 3.63) is 0 Å². The molecule has 10 heavy (non-hydrogen) atoms. The predicted octanol–water partition coefficient (Wildman–Crippen LogP) is 0.791. The maximum atomic E-state index is 10.7. The molecule has 0 saturated carbocycles. The molecule has 0 atom stereocenters. The van der Waals surface area contributed by atoms with E-state index in [1.165, 1.54) is 11.9 Å². The topological polar surface area (TPSA) is 37.4 Å². The van der Waals surface area contributed by atoms with Crippen LogP contribution in [0.3, 0.4) is 0 Å². The molecule has 0 aromatic rings. The van der Waals surface area contributed by atoms with Gasteiger partial charge in [-0.3, -0.25) is 14.5 Å². The smallest absolute Gasteiger partial charge is 0.228 e. The van der Waals surface area contributed by atoms with Crippen molar-refractivity contribution in [2.45, 2.75) is 26.7 Å². The molecule has 1 fully saturated rings. The molecule has 0 aromatic carbocycles. The summed E-state index contributed by atoms with van der Waals surface area (Å²) < 4.78 is 0. The summed E-state index contributed by atoms with van der Waals surface area (Å²) in [6.45, 7) is 0. The number of likely N-dealkylation sites (tertiary alicyclic amines) is 1. The molecule has 0 aliphatic carbocycles. The Morgan fingerprint density at radius 1 is 1.20 bits per heavy atom. The lowest BCUT2D eigenvalue weighted by atomic mass is 10.1. The van der Waals surface area contributed by atoms with E-state index in [0.29, 0.717) is 12.8 Å². The first-order valence-corrected chi connectivity index (χ1v) is 3.01. The lowest BCUT2D eigenvalue weighted by molar-refractivity contribution is -0.146. The van der Waals surface area contributed by atoms with Gasteiger partial charge in [-0.05, 0) is 6.42 Å². The van der Waals surface area contributed by atoms with Crippen LogP contribution in [-0.2, 0) is 9.59 Å². The SMILES string of the molecule is C.CN1C(=O)CCCC1=O. The standard InChI is InChI=1S/C6H9NO2.CH4/c1-7-5(8)3-2-4-6(7)9;/h2-4H2,1H3;1H4. The number of hydrogen-bond donors (Lipinski definition) is 0. The quantitative estimate of drug-likeness (QED) is 0.470. The van der Waals surface area contributed by atoms with Gasteiger partial charge in [0, 0.05) is 19.9 Å². The van der Waals surface area contributed by atoms with Gasteiger partial charge in [-0.15, -0.1) is 0 Å². The number of nitrogens with zero attached hydrogens (tertiary/aromatic N) is 1. The van der Waals surface area contributed by atoms with Crippen LogP contribution in [0.25, 0.3) is 0 Å². The zero-order valence-corrected chi connectivity index (χ0v) is 5.39. The summed E-state index contributed by atoms with van der Waals surface area (Å²) in [7, 11) is 1.53. The fourth-order valence-corrected chi connectivity index (χ4v) is 0.865. The van der Waals surface area contributed by atoms with Crippen molar-refractivity contribution >= 4 is 11.8 Å². The Kier molecular flexibility index (Phi) is 3.06. The Balaban J connectivity index is 0.000000810. The molecule has 1 rings (SSSR count). The highest BCUT2D eigenvalue weighted by atomic mass is 16.2. The first-order chi connectivity index (χ1) is 4.22. The molecule has 1 aliphatic heterocycles. The van der Waals surface area contributed by atoms with Gasteiger partial charge in [-0.25, -0.2) is 0 Å². The monoisotopic (exact) mass is 143 g/mol. The first kappa shape index (κ1) is 9.14. The molecular formula is C7H13NO2. The predicted molar refractivity (Wildman–Crippen MR) is 38.4 cm³/mol.